The Balaban J connectivity index is 2.09. The van der Waals surface area contributed by atoms with Crippen molar-refractivity contribution in [1.82, 2.24) is 10.2 Å². The molecule has 0 aromatic heterocycles. The molecule has 0 saturated heterocycles. The summed E-state index contributed by atoms with van der Waals surface area (Å²) in [5.74, 6) is -0.848. The van der Waals surface area contributed by atoms with Crippen molar-refractivity contribution in [3.63, 3.8) is 0 Å². The molecule has 3 aromatic carbocycles. The van der Waals surface area contributed by atoms with Crippen molar-refractivity contribution >= 4 is 50.7 Å². The van der Waals surface area contributed by atoms with E-state index in [0.717, 1.165) is 21.9 Å². The summed E-state index contributed by atoms with van der Waals surface area (Å²) in [5.41, 5.74) is 1.89. The maximum absolute atomic E-state index is 14.1. The minimum Gasteiger partial charge on any atom is -0.352 e. The van der Waals surface area contributed by atoms with Crippen molar-refractivity contribution in [3.8, 4) is 0 Å². The number of nitrogens with one attached hydrogen (secondary N) is 1. The predicted octanol–water partition coefficient (Wildman–Crippen LogP) is 6.22. The van der Waals surface area contributed by atoms with Gasteiger partial charge in [0, 0.05) is 17.6 Å². The standard InChI is InChI=1S/C30H35Cl2N3O4S/c1-5-22(4)33-30(37)27(6-2)34(19-23-12-10-11-21(3)17-23)29(36)20-35(28-18-24(31)15-16-26(28)32)40(38,39)25-13-8-7-9-14-25/h7-18,22,27H,5-6,19-20H2,1-4H3,(H,33,37)/t22-,27-/m1/s1. The molecular formula is C30H35Cl2N3O4S. The second-order valence-electron chi connectivity index (χ2n) is 9.67. The number of hydrogen-bond acceptors (Lipinski definition) is 4. The highest BCUT2D eigenvalue weighted by Gasteiger charge is 2.34. The Kier molecular flexibility index (Phi) is 11.0. The molecule has 0 radical (unpaired) electrons. The summed E-state index contributed by atoms with van der Waals surface area (Å²) in [6.07, 6.45) is 1.06. The Labute approximate surface area is 247 Å². The number of halogens is 2. The first kappa shape index (κ1) is 31.5. The third-order valence-corrected chi connectivity index (χ3v) is 8.94. The lowest BCUT2D eigenvalue weighted by molar-refractivity contribution is -0.140. The van der Waals surface area contributed by atoms with Crippen molar-refractivity contribution in [3.05, 3.63) is 94.0 Å². The summed E-state index contributed by atoms with van der Waals surface area (Å²) in [6, 6.07) is 19.0. The number of hydrogen-bond donors (Lipinski definition) is 1. The van der Waals surface area contributed by atoms with Gasteiger partial charge in [0.2, 0.25) is 11.8 Å². The van der Waals surface area contributed by atoms with Crippen LogP contribution in [0.1, 0.15) is 44.7 Å². The smallest absolute Gasteiger partial charge is 0.264 e. The van der Waals surface area contributed by atoms with E-state index in [1.54, 1.807) is 24.3 Å². The zero-order chi connectivity index (χ0) is 29.4. The quantitative estimate of drug-likeness (QED) is 0.266. The number of anilines is 1. The molecule has 0 heterocycles. The molecule has 2 atom stereocenters. The van der Waals surface area contributed by atoms with E-state index in [4.69, 9.17) is 23.2 Å². The molecule has 0 spiro atoms. The zero-order valence-corrected chi connectivity index (χ0v) is 25.4. The molecule has 0 unspecified atom stereocenters. The fraction of sp³-hybridized carbons (Fsp3) is 0.333. The summed E-state index contributed by atoms with van der Waals surface area (Å²) in [5, 5.41) is 3.34. The van der Waals surface area contributed by atoms with Gasteiger partial charge >= 0.3 is 0 Å². The number of amides is 2. The summed E-state index contributed by atoms with van der Waals surface area (Å²) in [7, 11) is -4.23. The highest BCUT2D eigenvalue weighted by molar-refractivity contribution is 7.92. The number of rotatable bonds is 12. The Morgan fingerprint density at radius 1 is 0.925 bits per heavy atom. The van der Waals surface area contributed by atoms with Crippen LogP contribution < -0.4 is 9.62 Å². The molecule has 3 rings (SSSR count). The van der Waals surface area contributed by atoms with Crippen LogP contribution in [0.4, 0.5) is 5.69 Å². The van der Waals surface area contributed by atoms with Gasteiger partial charge in [0.25, 0.3) is 10.0 Å². The van der Waals surface area contributed by atoms with Crippen molar-refractivity contribution in [2.75, 3.05) is 10.8 Å². The number of carbonyl (C=O) groups is 2. The molecule has 1 N–H and O–H groups in total. The maximum atomic E-state index is 14.1. The zero-order valence-electron chi connectivity index (χ0n) is 23.1. The molecule has 214 valence electrons. The fourth-order valence-corrected chi connectivity index (χ4v) is 6.16. The molecule has 0 aliphatic carbocycles. The van der Waals surface area contributed by atoms with E-state index in [0.29, 0.717) is 6.42 Å². The molecule has 3 aromatic rings. The van der Waals surface area contributed by atoms with Gasteiger partial charge in [-0.25, -0.2) is 8.42 Å². The van der Waals surface area contributed by atoms with E-state index >= 15 is 0 Å². The summed E-state index contributed by atoms with van der Waals surface area (Å²) < 4.78 is 28.7. The van der Waals surface area contributed by atoms with Crippen molar-refractivity contribution in [1.29, 1.82) is 0 Å². The second-order valence-corrected chi connectivity index (χ2v) is 12.4. The van der Waals surface area contributed by atoms with Gasteiger partial charge < -0.3 is 10.2 Å². The first-order valence-electron chi connectivity index (χ1n) is 13.2. The van der Waals surface area contributed by atoms with Gasteiger partial charge in [0.1, 0.15) is 12.6 Å². The molecule has 0 aliphatic heterocycles. The van der Waals surface area contributed by atoms with Crippen LogP contribution in [0.2, 0.25) is 10.0 Å². The third-order valence-electron chi connectivity index (χ3n) is 6.61. The second kappa shape index (κ2) is 14.0. The number of aryl methyl sites for hydroxylation is 1. The van der Waals surface area contributed by atoms with E-state index in [1.165, 1.54) is 29.2 Å². The largest absolute Gasteiger partial charge is 0.352 e. The molecule has 40 heavy (non-hydrogen) atoms. The van der Waals surface area contributed by atoms with Crippen molar-refractivity contribution in [2.45, 2.75) is 64.1 Å². The van der Waals surface area contributed by atoms with Gasteiger partial charge in [-0.1, -0.05) is 85.1 Å². The minimum atomic E-state index is -4.23. The van der Waals surface area contributed by atoms with E-state index < -0.39 is 28.5 Å². The van der Waals surface area contributed by atoms with Gasteiger partial charge in [-0.15, -0.1) is 0 Å². The van der Waals surface area contributed by atoms with Crippen LogP contribution in [-0.4, -0.2) is 43.8 Å². The van der Waals surface area contributed by atoms with Crippen molar-refractivity contribution < 1.29 is 18.0 Å². The van der Waals surface area contributed by atoms with Crippen LogP contribution in [0.5, 0.6) is 0 Å². The van der Waals surface area contributed by atoms with Crippen LogP contribution in [0.3, 0.4) is 0 Å². The van der Waals surface area contributed by atoms with E-state index in [1.807, 2.05) is 52.0 Å². The van der Waals surface area contributed by atoms with Gasteiger partial charge in [-0.05, 0) is 62.6 Å². The Hall–Kier alpha value is -3.07. The van der Waals surface area contributed by atoms with Crippen LogP contribution >= 0.6 is 23.2 Å². The van der Waals surface area contributed by atoms with Gasteiger partial charge in [-0.2, -0.15) is 0 Å². The average molecular weight is 605 g/mol. The third kappa shape index (κ3) is 7.77. The van der Waals surface area contributed by atoms with Crippen LogP contribution in [0.25, 0.3) is 0 Å². The highest BCUT2D eigenvalue weighted by Crippen LogP contribution is 2.33. The topological polar surface area (TPSA) is 86.8 Å². The van der Waals surface area contributed by atoms with Crippen LogP contribution in [-0.2, 0) is 26.2 Å². The lowest BCUT2D eigenvalue weighted by atomic mass is 10.1. The molecule has 0 aliphatic rings. The maximum Gasteiger partial charge on any atom is 0.264 e. The molecule has 0 fully saturated rings. The average Bonchev–Trinajstić information content (AvgIpc) is 2.93. The predicted molar refractivity (Wildman–Crippen MR) is 161 cm³/mol. The molecule has 10 heteroatoms. The molecule has 0 saturated carbocycles. The van der Waals surface area contributed by atoms with Crippen LogP contribution in [0.15, 0.2) is 77.7 Å². The Bertz CT molecular complexity index is 1430. The molecular weight excluding hydrogens is 569 g/mol. The Morgan fingerprint density at radius 3 is 2.25 bits per heavy atom. The van der Waals surface area contributed by atoms with Gasteiger partial charge in [0.15, 0.2) is 0 Å². The molecule has 0 bridgehead atoms. The minimum absolute atomic E-state index is 0.00867. The number of benzene rings is 3. The Morgan fingerprint density at radius 2 is 1.62 bits per heavy atom. The normalized spacial score (nSPS) is 12.8. The molecule has 2 amide bonds. The fourth-order valence-electron chi connectivity index (χ4n) is 4.28. The lowest BCUT2D eigenvalue weighted by Crippen LogP contribution is -2.53. The van der Waals surface area contributed by atoms with Crippen molar-refractivity contribution in [2.24, 2.45) is 0 Å². The van der Waals surface area contributed by atoms with E-state index in [2.05, 4.69) is 5.32 Å². The van der Waals surface area contributed by atoms with Crippen LogP contribution in [0, 0.1) is 6.92 Å². The summed E-state index contributed by atoms with van der Waals surface area (Å²) in [4.78, 5) is 28.9. The summed E-state index contributed by atoms with van der Waals surface area (Å²) >= 11 is 12.7. The summed E-state index contributed by atoms with van der Waals surface area (Å²) in [6.45, 7) is 7.16. The van der Waals surface area contributed by atoms with Gasteiger partial charge in [0.05, 0.1) is 15.6 Å². The molecule has 7 nitrogen and oxygen atoms in total. The first-order valence-corrected chi connectivity index (χ1v) is 15.4. The lowest BCUT2D eigenvalue weighted by Gasteiger charge is -2.34. The van der Waals surface area contributed by atoms with Gasteiger partial charge in [-0.3, -0.25) is 13.9 Å². The number of sulfonamides is 1. The number of nitrogens with zero attached hydrogens (tertiary/aromatic N) is 2. The highest BCUT2D eigenvalue weighted by atomic mass is 35.5. The monoisotopic (exact) mass is 603 g/mol. The van der Waals surface area contributed by atoms with E-state index in [9.17, 15) is 18.0 Å². The number of carbonyl (C=O) groups excluding carboxylic acids is 2. The van der Waals surface area contributed by atoms with E-state index in [-0.39, 0.29) is 39.1 Å². The first-order chi connectivity index (χ1) is 19.0. The SMILES string of the molecule is CC[C@@H](C)NC(=O)[C@@H](CC)N(Cc1cccc(C)c1)C(=O)CN(c1cc(Cl)ccc1Cl)S(=O)(=O)c1ccccc1.